The molecule has 9 nitrogen and oxygen atoms in total. The smallest absolute Gasteiger partial charge is 0.324 e. The number of fused-ring (bicyclic) bond motifs is 1. The number of amides is 1. The molecule has 1 aliphatic carbocycles. The lowest BCUT2D eigenvalue weighted by molar-refractivity contribution is -0.131. The quantitative estimate of drug-likeness (QED) is 0.384. The normalized spacial score (nSPS) is 21.0. The van der Waals surface area contributed by atoms with Crippen LogP contribution in [-0.2, 0) is 24.2 Å². The van der Waals surface area contributed by atoms with Crippen molar-refractivity contribution in [2.75, 3.05) is 31.1 Å². The number of carbonyl (C=O) groups is 1. The first-order chi connectivity index (χ1) is 19.4. The molecule has 212 valence electrons. The van der Waals surface area contributed by atoms with Crippen molar-refractivity contribution in [1.82, 2.24) is 25.0 Å². The largest absolute Gasteiger partial charge is 0.493 e. The molecule has 1 aromatic carbocycles. The van der Waals surface area contributed by atoms with E-state index in [1.54, 1.807) is 29.4 Å². The Hall–Kier alpha value is -3.56. The van der Waals surface area contributed by atoms with E-state index in [0.29, 0.717) is 49.4 Å². The zero-order valence-electron chi connectivity index (χ0n) is 23.3. The first-order valence-electron chi connectivity index (χ1n) is 14.5. The van der Waals surface area contributed by atoms with Crippen molar-refractivity contribution in [2.45, 2.75) is 64.8 Å². The molecule has 2 fully saturated rings. The van der Waals surface area contributed by atoms with Gasteiger partial charge < -0.3 is 19.1 Å². The predicted octanol–water partition coefficient (Wildman–Crippen LogP) is 4.57. The van der Waals surface area contributed by atoms with Crippen molar-refractivity contribution < 1.29 is 18.4 Å². The van der Waals surface area contributed by atoms with Gasteiger partial charge in [-0.3, -0.25) is 14.8 Å². The van der Waals surface area contributed by atoms with Gasteiger partial charge in [-0.05, 0) is 55.1 Å². The Morgan fingerprint density at radius 2 is 1.95 bits per heavy atom. The lowest BCUT2D eigenvalue weighted by Crippen LogP contribution is -2.37. The van der Waals surface area contributed by atoms with E-state index in [1.165, 1.54) is 12.5 Å². The minimum absolute atomic E-state index is 0.0235. The second-order valence-corrected chi connectivity index (χ2v) is 11.7. The molecule has 1 saturated carbocycles. The minimum atomic E-state index is -0.402. The summed E-state index contributed by atoms with van der Waals surface area (Å²) in [5.41, 5.74) is 2.14. The number of piperidine rings is 1. The van der Waals surface area contributed by atoms with Crippen LogP contribution in [0.2, 0.25) is 0 Å². The van der Waals surface area contributed by atoms with Crippen molar-refractivity contribution in [3.63, 3.8) is 0 Å². The van der Waals surface area contributed by atoms with Crippen LogP contribution < -0.4 is 9.64 Å². The fourth-order valence-corrected chi connectivity index (χ4v) is 6.10. The van der Waals surface area contributed by atoms with Crippen molar-refractivity contribution >= 4 is 11.9 Å². The fourth-order valence-electron chi connectivity index (χ4n) is 6.10. The second-order valence-electron chi connectivity index (χ2n) is 11.7. The number of rotatable bonds is 9. The lowest BCUT2D eigenvalue weighted by atomic mass is 9.90. The number of hydrogen-bond donors (Lipinski definition) is 0. The molecule has 0 N–H and O–H groups in total. The second kappa shape index (κ2) is 11.5. The summed E-state index contributed by atoms with van der Waals surface area (Å²) < 4.78 is 26.2. The van der Waals surface area contributed by atoms with E-state index in [9.17, 15) is 9.18 Å². The van der Waals surface area contributed by atoms with Crippen LogP contribution in [0.4, 0.5) is 10.4 Å². The molecular formula is C30H37FN6O3. The van der Waals surface area contributed by atoms with Gasteiger partial charge in [-0.25, -0.2) is 4.39 Å². The average Bonchev–Trinajstić information content (AvgIpc) is 3.56. The van der Waals surface area contributed by atoms with Crippen LogP contribution in [0.1, 0.15) is 68.2 Å². The predicted molar refractivity (Wildman–Crippen MR) is 146 cm³/mol. The molecule has 2 aromatic heterocycles. The van der Waals surface area contributed by atoms with Gasteiger partial charge in [0.25, 0.3) is 0 Å². The lowest BCUT2D eigenvalue weighted by Gasteiger charge is -2.30. The molecule has 40 heavy (non-hydrogen) atoms. The van der Waals surface area contributed by atoms with Crippen LogP contribution >= 0.6 is 0 Å². The maximum Gasteiger partial charge on any atom is 0.324 e. The van der Waals surface area contributed by atoms with E-state index in [-0.39, 0.29) is 18.2 Å². The molecule has 1 amide bonds. The fraction of sp³-hybridized carbons (Fsp3) is 0.567. The number of anilines is 1. The molecule has 2 atom stereocenters. The number of halogens is 1. The van der Waals surface area contributed by atoms with E-state index < -0.39 is 5.82 Å². The summed E-state index contributed by atoms with van der Waals surface area (Å²) in [6, 6.07) is 5.49. The van der Waals surface area contributed by atoms with Gasteiger partial charge in [-0.2, -0.15) is 4.98 Å². The van der Waals surface area contributed by atoms with E-state index in [2.05, 4.69) is 38.9 Å². The SMILES string of the molecule is CC(C)c1noc(N2CCC([C@H]3C[C@H]3CCOc3ccc(CC(=O)N4CCc5nccnc5C4)c(F)c3)CC2)n1. The van der Waals surface area contributed by atoms with Gasteiger partial charge in [-0.1, -0.05) is 25.1 Å². The molecule has 4 heterocycles. The maximum absolute atomic E-state index is 14.8. The molecule has 1 saturated heterocycles. The van der Waals surface area contributed by atoms with Gasteiger partial charge in [0, 0.05) is 50.4 Å². The Balaban J connectivity index is 0.919. The van der Waals surface area contributed by atoms with Crippen LogP contribution in [0.25, 0.3) is 0 Å². The number of aromatic nitrogens is 4. The maximum atomic E-state index is 14.8. The van der Waals surface area contributed by atoms with E-state index in [1.807, 2.05) is 0 Å². The molecule has 0 bridgehead atoms. The first-order valence-corrected chi connectivity index (χ1v) is 14.5. The average molecular weight is 549 g/mol. The van der Waals surface area contributed by atoms with Gasteiger partial charge >= 0.3 is 6.01 Å². The summed E-state index contributed by atoms with van der Waals surface area (Å²) in [6.07, 6.45) is 8.51. The topological polar surface area (TPSA) is 97.5 Å². The van der Waals surface area contributed by atoms with Gasteiger partial charge in [0.05, 0.1) is 31.0 Å². The molecule has 0 spiro atoms. The van der Waals surface area contributed by atoms with Crippen molar-refractivity contribution in [2.24, 2.45) is 17.8 Å². The highest BCUT2D eigenvalue weighted by Crippen LogP contribution is 2.50. The van der Waals surface area contributed by atoms with Crippen LogP contribution in [0.5, 0.6) is 5.75 Å². The first kappa shape index (κ1) is 26.7. The molecular weight excluding hydrogens is 511 g/mol. The molecule has 3 aromatic rings. The Morgan fingerprint density at radius 3 is 2.70 bits per heavy atom. The monoisotopic (exact) mass is 548 g/mol. The van der Waals surface area contributed by atoms with Gasteiger partial charge in [0.15, 0.2) is 5.82 Å². The number of ether oxygens (including phenoxy) is 1. The van der Waals surface area contributed by atoms with E-state index in [4.69, 9.17) is 9.26 Å². The standard InChI is InChI=1S/C30H37FN6O3/c1-19(2)29-34-30(40-35-29)36-11-5-20(6-12-36)24-15-21(24)8-14-39-23-4-3-22(25(31)17-23)16-28(38)37-13-7-26-27(18-37)33-10-9-32-26/h3-4,9-10,17,19-21,24H,5-8,11-16,18H2,1-2H3/t21-,24-/m1/s1. The van der Waals surface area contributed by atoms with Crippen molar-refractivity contribution in [1.29, 1.82) is 0 Å². The highest BCUT2D eigenvalue weighted by molar-refractivity contribution is 5.79. The van der Waals surface area contributed by atoms with Crippen molar-refractivity contribution in [3.05, 3.63) is 59.2 Å². The highest BCUT2D eigenvalue weighted by atomic mass is 19.1. The van der Waals surface area contributed by atoms with Gasteiger partial charge in [0.1, 0.15) is 11.6 Å². The third kappa shape index (κ3) is 5.95. The minimum Gasteiger partial charge on any atom is -0.493 e. The van der Waals surface area contributed by atoms with Crippen LogP contribution in [0.15, 0.2) is 35.1 Å². The molecule has 10 heteroatoms. The third-order valence-electron chi connectivity index (χ3n) is 8.64. The summed E-state index contributed by atoms with van der Waals surface area (Å²) in [4.78, 5) is 29.9. The van der Waals surface area contributed by atoms with E-state index in [0.717, 1.165) is 61.4 Å². The Bertz CT molecular complexity index is 1340. The highest BCUT2D eigenvalue weighted by Gasteiger charge is 2.43. The Labute approximate surface area is 234 Å². The number of carbonyl (C=O) groups excluding carboxylic acids is 1. The Morgan fingerprint density at radius 1 is 1.15 bits per heavy atom. The zero-order valence-corrected chi connectivity index (χ0v) is 23.3. The summed E-state index contributed by atoms with van der Waals surface area (Å²) >= 11 is 0. The number of benzene rings is 1. The molecule has 2 aliphatic heterocycles. The van der Waals surface area contributed by atoms with Crippen LogP contribution in [-0.4, -0.2) is 57.2 Å². The third-order valence-corrected chi connectivity index (χ3v) is 8.64. The molecule has 0 radical (unpaired) electrons. The molecule has 6 rings (SSSR count). The van der Waals surface area contributed by atoms with Crippen LogP contribution in [0, 0.1) is 23.6 Å². The number of hydrogen-bond acceptors (Lipinski definition) is 8. The summed E-state index contributed by atoms with van der Waals surface area (Å²) in [5, 5.41) is 4.09. The zero-order chi connectivity index (χ0) is 27.6. The van der Waals surface area contributed by atoms with Crippen molar-refractivity contribution in [3.8, 4) is 5.75 Å². The van der Waals surface area contributed by atoms with E-state index >= 15 is 0 Å². The van der Waals surface area contributed by atoms with Crippen LogP contribution in [0.3, 0.4) is 0 Å². The van der Waals surface area contributed by atoms with Gasteiger partial charge in [0.2, 0.25) is 5.91 Å². The Kier molecular flexibility index (Phi) is 7.67. The molecule has 3 aliphatic rings. The summed E-state index contributed by atoms with van der Waals surface area (Å²) in [6.45, 7) is 7.62. The summed E-state index contributed by atoms with van der Waals surface area (Å²) in [7, 11) is 0. The number of nitrogens with zero attached hydrogens (tertiary/aromatic N) is 6. The summed E-state index contributed by atoms with van der Waals surface area (Å²) in [5.74, 6) is 3.19. The molecule has 0 unspecified atom stereocenters. The van der Waals surface area contributed by atoms with Gasteiger partial charge in [-0.15, -0.1) is 0 Å².